The van der Waals surface area contributed by atoms with E-state index in [1.54, 1.807) is 0 Å². The van der Waals surface area contributed by atoms with Crippen molar-refractivity contribution in [3.63, 3.8) is 0 Å². The van der Waals surface area contributed by atoms with Crippen LogP contribution in [0.25, 0.3) is 21.3 Å². The molecule has 4 aromatic rings. The predicted molar refractivity (Wildman–Crippen MR) is 399 cm³/mol. The summed E-state index contributed by atoms with van der Waals surface area (Å²) in [5.74, 6) is 4.66. The Morgan fingerprint density at radius 3 is 1.00 bits per heavy atom. The van der Waals surface area contributed by atoms with E-state index < -0.39 is 0 Å². The predicted octanol–water partition coefficient (Wildman–Crippen LogP) is 27.3. The van der Waals surface area contributed by atoms with Gasteiger partial charge in [0.15, 0.2) is 0 Å². The largest absolute Gasteiger partial charge is 0.698 e. The minimum absolute atomic E-state index is 0. The number of nitrogens with one attached hydrogen (secondary N) is 1. The van der Waals surface area contributed by atoms with Gasteiger partial charge < -0.3 is 41.4 Å². The van der Waals surface area contributed by atoms with Crippen LogP contribution in [0.3, 0.4) is 0 Å². The molecule has 504 valence electrons. The van der Waals surface area contributed by atoms with Gasteiger partial charge in [0.05, 0.1) is 5.69 Å². The fraction of sp³-hybridized carbons (Fsp3) is 0.654. The second-order valence-electron chi connectivity index (χ2n) is 31.6. The third-order valence-electron chi connectivity index (χ3n) is 16.5. The molecule has 89 heavy (non-hydrogen) atoms. The first-order chi connectivity index (χ1) is 39.9. The van der Waals surface area contributed by atoms with Crippen LogP contribution in [-0.2, 0) is 25.8 Å². The van der Waals surface area contributed by atoms with Crippen LogP contribution >= 0.6 is 0 Å². The van der Waals surface area contributed by atoms with Gasteiger partial charge in [0.25, 0.3) is 0 Å². The number of para-hydroxylation sites is 4. The zero-order chi connectivity index (χ0) is 65.1. The summed E-state index contributed by atoms with van der Waals surface area (Å²) in [6, 6.07) is 26.8. The van der Waals surface area contributed by atoms with Crippen molar-refractivity contribution in [1.82, 2.24) is 0 Å². The fourth-order valence-electron chi connectivity index (χ4n) is 11.0. The number of unbranched alkanes of at least 4 members (excludes halogenated alkanes) is 5. The number of aliphatic imine (C=N–C) groups is 2. The molecule has 0 aliphatic rings. The van der Waals surface area contributed by atoms with E-state index in [9.17, 15) is 0 Å². The number of hydrogen-bond acceptors (Lipinski definition) is 2. The summed E-state index contributed by atoms with van der Waals surface area (Å²) in [7, 11) is 0. The maximum Gasteiger partial charge on any atom is 0.106 e. The molecule has 0 saturated heterocycles. The van der Waals surface area contributed by atoms with Gasteiger partial charge in [-0.3, -0.25) is 9.98 Å². The fourth-order valence-corrected chi connectivity index (χ4v) is 11.0. The van der Waals surface area contributed by atoms with Crippen molar-refractivity contribution in [3.8, 4) is 0 Å². The van der Waals surface area contributed by atoms with Gasteiger partial charge >= 0.3 is 0 Å². The van der Waals surface area contributed by atoms with Crippen LogP contribution in [-0.4, -0.2) is 43.5 Å². The molecule has 8 heteroatoms. The van der Waals surface area contributed by atoms with Gasteiger partial charge in [0.2, 0.25) is 0 Å². The van der Waals surface area contributed by atoms with E-state index in [4.69, 9.17) is 31.3 Å². The molecule has 2 unspecified atom stereocenters. The van der Waals surface area contributed by atoms with Crippen molar-refractivity contribution < 1.29 is 25.8 Å². The summed E-state index contributed by atoms with van der Waals surface area (Å²) in [5.41, 5.74) is 16.8. The average molecular weight is 1390 g/mol. The molecule has 0 spiro atoms. The minimum Gasteiger partial charge on any atom is -0.698 e. The van der Waals surface area contributed by atoms with E-state index in [2.05, 4.69) is 272 Å². The van der Waals surface area contributed by atoms with Crippen molar-refractivity contribution in [2.75, 3.05) is 25.0 Å². The van der Waals surface area contributed by atoms with Crippen molar-refractivity contribution in [2.45, 2.75) is 305 Å². The van der Waals surface area contributed by atoms with E-state index in [0.29, 0.717) is 47.3 Å². The summed E-state index contributed by atoms with van der Waals surface area (Å²) >= 11 is 0. The molecule has 1 N–H and O–H groups in total. The Labute approximate surface area is 571 Å². The summed E-state index contributed by atoms with van der Waals surface area (Å²) in [4.78, 5) is 10.6. The van der Waals surface area contributed by atoms with Crippen molar-refractivity contribution in [1.29, 1.82) is 0 Å². The minimum atomic E-state index is -0.0603. The van der Waals surface area contributed by atoms with Gasteiger partial charge in [0, 0.05) is 54.6 Å². The number of benzene rings is 4. The Morgan fingerprint density at radius 1 is 0.393 bits per heavy atom. The third kappa shape index (κ3) is 27.5. The van der Waals surface area contributed by atoms with Crippen LogP contribution < -0.4 is 5.32 Å². The first kappa shape index (κ1) is 85.4. The van der Waals surface area contributed by atoms with Crippen molar-refractivity contribution in [3.05, 3.63) is 153 Å². The SMILES string of the molecule is CC(C)c1cccc(C(C)C)c1N=C(CCCCCCN=C(Nc1c(C(C)C)cccc1C(C)C)C(C)(C)C)C(C)(C)C.CC(C)c1cccc(C(C)C)c1[N-]C([N-]CCCCC[N-]C([N-]c1c(C(C)C)cccc1C(C)C)C(C)(C)C)C(C)(C)C.[CH3-].[CH3-].[Hf]. The Hall–Kier alpha value is -3.59. The van der Waals surface area contributed by atoms with Crippen LogP contribution in [0.4, 0.5) is 22.7 Å². The smallest absolute Gasteiger partial charge is 0.106 e. The standard InChI is InChI=1S/C40H65N3.C39H64N4.2CH3.Hf/c1-27(2)31-21-19-22-32(28(3)4)36(31)42-35(39(9,10)11)25-17-15-16-18-26-41-38(40(12,13)14)43-37-33(29(5)6)23-20-24-34(37)30(7)8;1-26(2)30-20-18-21-31(27(3)4)34(30)42-36(38(9,10)11)40-24-16-15-17-25-41-37(39(12,13)14)43-35-32(28(5)6)22-19-23-33(35)29(7)8;;;/h19-24,27-30H,15-18,25-26H2,1-14H3,(H,41,43);18-23,26-29,36-37H,15-17,24-25H2,1-14H3;2*1H3;/q;-4;2*-1;. The Kier molecular flexibility index (Phi) is 37.6. The monoisotopic (exact) mass is 1390 g/mol. The molecule has 4 aromatic carbocycles. The van der Waals surface area contributed by atoms with E-state index in [1.165, 1.54) is 80.9 Å². The van der Waals surface area contributed by atoms with Crippen LogP contribution in [0.15, 0.2) is 82.8 Å². The first-order valence-electron chi connectivity index (χ1n) is 34.1. The maximum atomic E-state index is 5.42. The topological polar surface area (TPSA) is 93.2 Å². The summed E-state index contributed by atoms with van der Waals surface area (Å²) in [6.07, 6.45) is 8.85. The number of hydrogen-bond donors (Lipinski definition) is 1. The molecule has 7 nitrogen and oxygen atoms in total. The van der Waals surface area contributed by atoms with Gasteiger partial charge in [-0.25, -0.2) is 12.3 Å². The maximum absolute atomic E-state index is 5.42. The molecule has 2 atom stereocenters. The molecule has 0 saturated carbocycles. The second kappa shape index (κ2) is 39.2. The van der Waals surface area contributed by atoms with E-state index in [-0.39, 0.29) is 74.7 Å². The Balaban J connectivity index is 0.00000168. The van der Waals surface area contributed by atoms with Crippen molar-refractivity contribution in [2.24, 2.45) is 31.6 Å². The third-order valence-corrected chi connectivity index (χ3v) is 16.5. The second-order valence-corrected chi connectivity index (χ2v) is 31.6. The molecule has 0 aliphatic carbocycles. The van der Waals surface area contributed by atoms with Gasteiger partial charge in [-0.1, -0.05) is 332 Å². The molecule has 0 aromatic heterocycles. The molecule has 0 aliphatic heterocycles. The van der Waals surface area contributed by atoms with Crippen LogP contribution in [0.2, 0.25) is 0 Å². The van der Waals surface area contributed by atoms with Gasteiger partial charge in [-0.15, -0.1) is 24.5 Å². The number of amidine groups is 1. The molecule has 0 fully saturated rings. The molecule has 0 heterocycles. The zero-order valence-corrected chi connectivity index (χ0v) is 66.8. The average Bonchev–Trinajstić information content (AvgIpc) is 3.62. The molecule has 0 amide bonds. The van der Waals surface area contributed by atoms with Crippen LogP contribution in [0.5, 0.6) is 0 Å². The van der Waals surface area contributed by atoms with Crippen LogP contribution in [0.1, 0.15) is 337 Å². The molecular formula is C81H135HfN7-6. The Bertz CT molecular complexity index is 2500. The van der Waals surface area contributed by atoms with E-state index >= 15 is 0 Å². The molecule has 0 radical (unpaired) electrons. The molecular weight excluding hydrogens is 1250 g/mol. The summed E-state index contributed by atoms with van der Waals surface area (Å²) in [5, 5.41) is 24.8. The quantitative estimate of drug-likeness (QED) is 0.0189. The van der Waals surface area contributed by atoms with Crippen molar-refractivity contribution >= 4 is 34.3 Å². The molecule has 4 rings (SSSR count). The van der Waals surface area contributed by atoms with Crippen LogP contribution in [0, 0.1) is 36.5 Å². The first-order valence-corrected chi connectivity index (χ1v) is 34.1. The molecule has 0 bridgehead atoms. The summed E-state index contributed by atoms with van der Waals surface area (Å²) < 4.78 is 0. The Morgan fingerprint density at radius 2 is 0.697 bits per heavy atom. The van der Waals surface area contributed by atoms with Gasteiger partial charge in [0.1, 0.15) is 5.84 Å². The zero-order valence-electron chi connectivity index (χ0n) is 63.2. The number of nitrogens with zero attached hydrogens (tertiary/aromatic N) is 6. The normalized spacial score (nSPS) is 13.4. The van der Waals surface area contributed by atoms with Gasteiger partial charge in [-0.05, 0) is 88.9 Å². The van der Waals surface area contributed by atoms with E-state index in [1.807, 2.05) is 0 Å². The number of rotatable bonds is 29. The number of anilines is 1. The van der Waals surface area contributed by atoms with E-state index in [0.717, 1.165) is 68.9 Å². The summed E-state index contributed by atoms with van der Waals surface area (Å²) in [6.45, 7) is 66.1. The van der Waals surface area contributed by atoms with Gasteiger partial charge in [-0.2, -0.15) is 0 Å².